The van der Waals surface area contributed by atoms with Crippen LogP contribution >= 0.6 is 0 Å². The summed E-state index contributed by atoms with van der Waals surface area (Å²) in [7, 11) is 0. The van der Waals surface area contributed by atoms with E-state index in [1.54, 1.807) is 0 Å². The minimum Gasteiger partial charge on any atom is -0.349 e. The first-order chi connectivity index (χ1) is 13.4. The zero-order valence-electron chi connectivity index (χ0n) is 15.7. The summed E-state index contributed by atoms with van der Waals surface area (Å²) in [6.45, 7) is 0.962. The summed E-state index contributed by atoms with van der Waals surface area (Å²) in [6.07, 6.45) is 5.13. The van der Waals surface area contributed by atoms with Crippen molar-refractivity contribution in [1.29, 1.82) is 0 Å². The van der Waals surface area contributed by atoms with E-state index in [1.165, 1.54) is 48.3 Å². The molecular weight excluding hydrogens is 328 g/mol. The van der Waals surface area contributed by atoms with Gasteiger partial charge in [0.25, 0.3) is 0 Å². The van der Waals surface area contributed by atoms with Crippen molar-refractivity contribution in [3.05, 3.63) is 90.5 Å². The fraction of sp³-hybridized carbons (Fsp3) is 0.280. The quantitative estimate of drug-likeness (QED) is 0.542. The normalized spacial score (nSPS) is 21.9. The van der Waals surface area contributed by atoms with E-state index < -0.39 is 0 Å². The minimum atomic E-state index is 0.639. The van der Waals surface area contributed by atoms with Gasteiger partial charge in [0, 0.05) is 11.7 Å². The van der Waals surface area contributed by atoms with Gasteiger partial charge in [-0.2, -0.15) is 0 Å². The maximum Gasteiger partial charge on any atom is 0.0955 e. The lowest BCUT2D eigenvalue weighted by atomic mass is 9.81. The average Bonchev–Trinajstić information content (AvgIpc) is 3.15. The molecule has 2 nitrogen and oxygen atoms in total. The molecule has 0 saturated heterocycles. The summed E-state index contributed by atoms with van der Waals surface area (Å²) < 4.78 is 0. The summed E-state index contributed by atoms with van der Waals surface area (Å²) >= 11 is 0. The standard InChI is InChI=1S/C25H26N2/c1-3-9-20(10-4-1)21-15-17-23(18-16-21)27-19-26(22-11-5-2-6-12-22)24-13-7-8-14-25(24)27/h1-14,21,23H,15-19H2. The maximum atomic E-state index is 2.64. The molecule has 0 amide bonds. The van der Waals surface area contributed by atoms with Crippen LogP contribution in [0.15, 0.2) is 84.9 Å². The monoisotopic (exact) mass is 354 g/mol. The van der Waals surface area contributed by atoms with Gasteiger partial charge in [0.2, 0.25) is 0 Å². The van der Waals surface area contributed by atoms with Crippen molar-refractivity contribution in [2.75, 3.05) is 16.5 Å². The highest BCUT2D eigenvalue weighted by Gasteiger charge is 2.33. The van der Waals surface area contributed by atoms with Crippen LogP contribution in [0.3, 0.4) is 0 Å². The minimum absolute atomic E-state index is 0.639. The Bertz CT molecular complexity index is 882. The first-order valence-electron chi connectivity index (χ1n) is 10.1. The second-order valence-corrected chi connectivity index (χ2v) is 7.78. The number of fused-ring (bicyclic) bond motifs is 1. The van der Waals surface area contributed by atoms with Crippen molar-refractivity contribution >= 4 is 17.1 Å². The van der Waals surface area contributed by atoms with E-state index in [9.17, 15) is 0 Å². The number of hydrogen-bond donors (Lipinski definition) is 0. The zero-order chi connectivity index (χ0) is 18.1. The fourth-order valence-corrected chi connectivity index (χ4v) is 4.83. The lowest BCUT2D eigenvalue weighted by Crippen LogP contribution is -2.39. The van der Waals surface area contributed by atoms with Gasteiger partial charge < -0.3 is 9.80 Å². The molecule has 1 aliphatic carbocycles. The third-order valence-electron chi connectivity index (χ3n) is 6.25. The Balaban J connectivity index is 1.36. The van der Waals surface area contributed by atoms with E-state index >= 15 is 0 Å². The van der Waals surface area contributed by atoms with Crippen LogP contribution in [0.1, 0.15) is 37.2 Å². The van der Waals surface area contributed by atoms with Gasteiger partial charge in [0.15, 0.2) is 0 Å². The van der Waals surface area contributed by atoms with E-state index in [0.29, 0.717) is 6.04 Å². The summed E-state index contributed by atoms with van der Waals surface area (Å²) in [5, 5.41) is 0. The molecule has 3 aromatic rings. The number of anilines is 3. The van der Waals surface area contributed by atoms with Crippen LogP contribution in [0, 0.1) is 0 Å². The maximum absolute atomic E-state index is 2.64. The molecule has 0 spiro atoms. The van der Waals surface area contributed by atoms with Gasteiger partial charge in [0.1, 0.15) is 0 Å². The first kappa shape index (κ1) is 16.4. The third kappa shape index (κ3) is 3.10. The Morgan fingerprint density at radius 3 is 1.89 bits per heavy atom. The Labute approximate surface area is 162 Å². The van der Waals surface area contributed by atoms with Gasteiger partial charge in [-0.1, -0.05) is 60.7 Å². The number of para-hydroxylation sites is 3. The Hall–Kier alpha value is -2.74. The first-order valence-corrected chi connectivity index (χ1v) is 10.1. The highest BCUT2D eigenvalue weighted by molar-refractivity contribution is 5.82. The number of benzene rings is 3. The molecule has 1 fully saturated rings. The highest BCUT2D eigenvalue weighted by Crippen LogP contribution is 2.44. The Morgan fingerprint density at radius 1 is 0.593 bits per heavy atom. The van der Waals surface area contributed by atoms with E-state index in [-0.39, 0.29) is 0 Å². The molecule has 1 saturated carbocycles. The Kier molecular flexibility index (Phi) is 4.33. The molecule has 0 radical (unpaired) electrons. The van der Waals surface area contributed by atoms with Crippen molar-refractivity contribution in [1.82, 2.24) is 0 Å². The average molecular weight is 354 g/mol. The number of hydrogen-bond acceptors (Lipinski definition) is 2. The van der Waals surface area contributed by atoms with Crippen LogP contribution in [-0.4, -0.2) is 12.7 Å². The van der Waals surface area contributed by atoms with Crippen molar-refractivity contribution in [2.24, 2.45) is 0 Å². The second kappa shape index (κ2) is 7.11. The van der Waals surface area contributed by atoms with Crippen molar-refractivity contribution in [2.45, 2.75) is 37.6 Å². The van der Waals surface area contributed by atoms with Crippen molar-refractivity contribution < 1.29 is 0 Å². The van der Waals surface area contributed by atoms with Gasteiger partial charge in [-0.05, 0) is 61.4 Å². The lowest BCUT2D eigenvalue weighted by molar-refractivity contribution is 0.380. The van der Waals surface area contributed by atoms with Gasteiger partial charge in [-0.15, -0.1) is 0 Å². The highest BCUT2D eigenvalue weighted by atomic mass is 15.4. The second-order valence-electron chi connectivity index (χ2n) is 7.78. The molecule has 0 aromatic heterocycles. The van der Waals surface area contributed by atoms with Gasteiger partial charge in [-0.3, -0.25) is 0 Å². The van der Waals surface area contributed by atoms with E-state index in [2.05, 4.69) is 94.7 Å². The van der Waals surface area contributed by atoms with Gasteiger partial charge in [-0.25, -0.2) is 0 Å². The summed E-state index contributed by atoms with van der Waals surface area (Å²) in [6, 6.07) is 31.4. The molecule has 27 heavy (non-hydrogen) atoms. The molecule has 0 atom stereocenters. The van der Waals surface area contributed by atoms with Crippen LogP contribution in [0.2, 0.25) is 0 Å². The predicted octanol–water partition coefficient (Wildman–Crippen LogP) is 6.33. The molecule has 0 N–H and O–H groups in total. The topological polar surface area (TPSA) is 6.48 Å². The molecule has 2 aliphatic rings. The van der Waals surface area contributed by atoms with E-state index in [0.717, 1.165) is 12.6 Å². The fourth-order valence-electron chi connectivity index (χ4n) is 4.83. The summed E-state index contributed by atoms with van der Waals surface area (Å²) in [4.78, 5) is 5.10. The molecule has 1 heterocycles. The molecule has 136 valence electrons. The largest absolute Gasteiger partial charge is 0.349 e. The van der Waals surface area contributed by atoms with E-state index in [1.807, 2.05) is 0 Å². The smallest absolute Gasteiger partial charge is 0.0955 e. The molecular formula is C25H26N2. The van der Waals surface area contributed by atoms with Gasteiger partial charge >= 0.3 is 0 Å². The summed E-state index contributed by atoms with van der Waals surface area (Å²) in [5.74, 6) is 0.727. The zero-order valence-corrected chi connectivity index (χ0v) is 15.7. The number of rotatable bonds is 3. The van der Waals surface area contributed by atoms with Gasteiger partial charge in [0.05, 0.1) is 18.0 Å². The predicted molar refractivity (Wildman–Crippen MR) is 114 cm³/mol. The Morgan fingerprint density at radius 2 is 1.19 bits per heavy atom. The third-order valence-corrected chi connectivity index (χ3v) is 6.25. The molecule has 2 heteroatoms. The van der Waals surface area contributed by atoms with Crippen LogP contribution < -0.4 is 9.80 Å². The van der Waals surface area contributed by atoms with Crippen molar-refractivity contribution in [3.63, 3.8) is 0 Å². The van der Waals surface area contributed by atoms with E-state index in [4.69, 9.17) is 0 Å². The molecule has 5 rings (SSSR count). The van der Waals surface area contributed by atoms with Crippen molar-refractivity contribution in [3.8, 4) is 0 Å². The van der Waals surface area contributed by atoms with Crippen LogP contribution in [0.25, 0.3) is 0 Å². The number of nitrogens with zero attached hydrogens (tertiary/aromatic N) is 2. The van der Waals surface area contributed by atoms with Crippen LogP contribution in [-0.2, 0) is 0 Å². The SMILES string of the molecule is c1ccc(C2CCC(N3CN(c4ccccc4)c4ccccc43)CC2)cc1. The summed E-state index contributed by atoms with van der Waals surface area (Å²) in [5.41, 5.74) is 5.53. The molecule has 1 aliphatic heterocycles. The lowest BCUT2D eigenvalue weighted by Gasteiger charge is -2.36. The molecule has 0 unspecified atom stereocenters. The van der Waals surface area contributed by atoms with Crippen LogP contribution in [0.4, 0.5) is 17.1 Å². The van der Waals surface area contributed by atoms with Crippen LogP contribution in [0.5, 0.6) is 0 Å². The molecule has 0 bridgehead atoms. The molecule has 3 aromatic carbocycles.